The van der Waals surface area contributed by atoms with Crippen molar-refractivity contribution in [2.24, 2.45) is 5.73 Å². The summed E-state index contributed by atoms with van der Waals surface area (Å²) in [6, 6.07) is 12.5. The van der Waals surface area contributed by atoms with E-state index in [-0.39, 0.29) is 63.9 Å². The minimum Gasteiger partial charge on any atom is -0.505 e. The molecule has 4 rings (SSSR count). The summed E-state index contributed by atoms with van der Waals surface area (Å²) >= 11 is 23.4. The standard InChI is InChI=1S/C28H40Cl2N2O5S.C16H16Cl2N2O4S/c1-2-3-4-5-6-7-8-9-10-13-18-37-19-14-17-31-28(34)23-15-11-12-16-26(23)38(35,36)32-22-20-24(29)27(33)25(30)21-22;1-7-4-8(2)15(13(9(7)3)16(19)22)25(23,24)20-10-5-11(17)14(21)12(18)6-10/h11-12,15-16,20-21,32-33H,2-10,13-14,17-19H2,1H3,(H,31,34);4-6,20-21H,1-3H3,(H2,19,22). The molecule has 346 valence electrons. The predicted octanol–water partition coefficient (Wildman–Crippen LogP) is 11.1. The second-order valence-electron chi connectivity index (χ2n) is 14.9. The first-order valence-electron chi connectivity index (χ1n) is 20.5. The average Bonchev–Trinajstić information content (AvgIpc) is 3.21. The van der Waals surface area contributed by atoms with Crippen molar-refractivity contribution in [2.75, 3.05) is 29.2 Å². The highest BCUT2D eigenvalue weighted by molar-refractivity contribution is 7.93. The lowest BCUT2D eigenvalue weighted by Crippen LogP contribution is -2.28. The molecule has 0 aliphatic carbocycles. The van der Waals surface area contributed by atoms with Crippen molar-refractivity contribution in [3.05, 3.63) is 103 Å². The van der Waals surface area contributed by atoms with Gasteiger partial charge in [-0.05, 0) is 86.7 Å². The lowest BCUT2D eigenvalue weighted by Gasteiger charge is -2.17. The zero-order valence-electron chi connectivity index (χ0n) is 35.8. The molecular weight excluding hydrogens is 934 g/mol. The molecule has 0 spiro atoms. The predicted molar refractivity (Wildman–Crippen MR) is 253 cm³/mol. The number of carbonyl (C=O) groups excluding carboxylic acids is 2. The maximum absolute atomic E-state index is 13.0. The van der Waals surface area contributed by atoms with Crippen LogP contribution < -0.4 is 20.5 Å². The molecule has 63 heavy (non-hydrogen) atoms. The van der Waals surface area contributed by atoms with Crippen LogP contribution in [0.2, 0.25) is 20.1 Å². The summed E-state index contributed by atoms with van der Waals surface area (Å²) in [5.41, 5.74) is 7.07. The van der Waals surface area contributed by atoms with Crippen LogP contribution in [0.15, 0.2) is 64.4 Å². The van der Waals surface area contributed by atoms with E-state index in [0.717, 1.165) is 12.0 Å². The van der Waals surface area contributed by atoms with Gasteiger partial charge in [-0.3, -0.25) is 19.0 Å². The molecule has 0 aromatic heterocycles. The Morgan fingerprint density at radius 2 is 1.11 bits per heavy atom. The van der Waals surface area contributed by atoms with E-state index in [4.69, 9.17) is 56.9 Å². The van der Waals surface area contributed by atoms with E-state index in [2.05, 4.69) is 21.7 Å². The lowest BCUT2D eigenvalue weighted by molar-refractivity contribution is 0.0935. The molecule has 0 saturated heterocycles. The Kier molecular flexibility index (Phi) is 21.6. The van der Waals surface area contributed by atoms with Crippen molar-refractivity contribution < 1.29 is 41.4 Å². The molecule has 0 bridgehead atoms. The van der Waals surface area contributed by atoms with Crippen molar-refractivity contribution in [1.29, 1.82) is 0 Å². The van der Waals surface area contributed by atoms with Crippen molar-refractivity contribution in [3.8, 4) is 11.5 Å². The zero-order chi connectivity index (χ0) is 46.9. The number of aromatic hydroxyl groups is 2. The summed E-state index contributed by atoms with van der Waals surface area (Å²) in [7, 11) is -8.28. The number of ether oxygens (including phenoxy) is 1. The SMILES string of the molecule is CCCCCCCCCCCCOCCCNC(=O)c1ccccc1S(=O)(=O)Nc1cc(Cl)c(O)c(Cl)c1.Cc1cc(C)c(S(=O)(=O)Nc2cc(Cl)c(O)c(Cl)c2)c(C(N)=O)c1C. The average molecular weight is 991 g/mol. The minimum absolute atomic E-state index is 0.0160. The topological polar surface area (TPSA) is 214 Å². The third-order valence-electron chi connectivity index (χ3n) is 9.85. The fourth-order valence-electron chi connectivity index (χ4n) is 6.52. The van der Waals surface area contributed by atoms with Crippen LogP contribution in [0.3, 0.4) is 0 Å². The first kappa shape index (κ1) is 53.4. The van der Waals surface area contributed by atoms with Crippen molar-refractivity contribution in [1.82, 2.24) is 5.32 Å². The number of benzene rings is 4. The van der Waals surface area contributed by atoms with Crippen LogP contribution in [0.5, 0.6) is 11.5 Å². The van der Waals surface area contributed by atoms with Crippen LogP contribution in [0, 0.1) is 20.8 Å². The normalized spacial score (nSPS) is 11.4. The van der Waals surface area contributed by atoms with Crippen LogP contribution in [0.1, 0.15) is 115 Å². The summed E-state index contributed by atoms with van der Waals surface area (Å²) < 4.78 is 62.0. The van der Waals surface area contributed by atoms with E-state index in [9.17, 15) is 36.6 Å². The number of primary amides is 1. The summed E-state index contributed by atoms with van der Waals surface area (Å²) in [6.45, 7) is 8.80. The van der Waals surface area contributed by atoms with E-state index in [1.54, 1.807) is 32.9 Å². The lowest BCUT2D eigenvalue weighted by atomic mass is 9.99. The van der Waals surface area contributed by atoms with Crippen molar-refractivity contribution >= 4 is 89.6 Å². The van der Waals surface area contributed by atoms with Gasteiger partial charge in [-0.15, -0.1) is 0 Å². The number of carbonyl (C=O) groups is 2. The largest absolute Gasteiger partial charge is 0.505 e. The van der Waals surface area contributed by atoms with Gasteiger partial charge in [0.25, 0.3) is 26.0 Å². The van der Waals surface area contributed by atoms with Crippen LogP contribution >= 0.6 is 46.4 Å². The summed E-state index contributed by atoms with van der Waals surface area (Å²) in [6.07, 6.45) is 13.4. The number of anilines is 2. The molecule has 0 saturated carbocycles. The van der Waals surface area contributed by atoms with Gasteiger partial charge in [0.15, 0.2) is 11.5 Å². The Bertz CT molecular complexity index is 2390. The van der Waals surface area contributed by atoms with E-state index in [1.807, 2.05) is 0 Å². The molecule has 0 heterocycles. The highest BCUT2D eigenvalue weighted by Gasteiger charge is 2.27. The van der Waals surface area contributed by atoms with E-state index < -0.39 is 31.9 Å². The molecule has 4 aromatic rings. The molecule has 0 unspecified atom stereocenters. The summed E-state index contributed by atoms with van der Waals surface area (Å²) in [5.74, 6) is -2.04. The second-order valence-corrected chi connectivity index (χ2v) is 19.8. The third-order valence-corrected chi connectivity index (χ3v) is 14.0. The van der Waals surface area contributed by atoms with Gasteiger partial charge in [-0.1, -0.05) is 129 Å². The molecule has 19 heteroatoms. The Hall–Kier alpha value is -3.96. The van der Waals surface area contributed by atoms with Crippen LogP contribution in [-0.4, -0.2) is 58.6 Å². The van der Waals surface area contributed by atoms with Gasteiger partial charge in [0.05, 0.1) is 42.6 Å². The number of sulfonamides is 2. The van der Waals surface area contributed by atoms with Crippen LogP contribution in [0.25, 0.3) is 0 Å². The molecule has 13 nitrogen and oxygen atoms in total. The number of rotatable bonds is 23. The molecule has 0 radical (unpaired) electrons. The minimum atomic E-state index is -4.16. The number of halogens is 4. The van der Waals surface area contributed by atoms with Gasteiger partial charge in [0, 0.05) is 19.8 Å². The Morgan fingerprint density at radius 1 is 0.651 bits per heavy atom. The number of hydrogen-bond donors (Lipinski definition) is 6. The van der Waals surface area contributed by atoms with Gasteiger partial charge in [0.2, 0.25) is 5.91 Å². The monoisotopic (exact) mass is 988 g/mol. The number of amides is 2. The van der Waals surface area contributed by atoms with Crippen LogP contribution in [0.4, 0.5) is 11.4 Å². The second kappa shape index (κ2) is 25.5. The number of aryl methyl sites for hydroxylation is 2. The highest BCUT2D eigenvalue weighted by Crippen LogP contribution is 2.37. The van der Waals surface area contributed by atoms with Crippen molar-refractivity contribution in [2.45, 2.75) is 108 Å². The Labute approximate surface area is 391 Å². The first-order chi connectivity index (χ1) is 29.7. The Balaban J connectivity index is 0.000000365. The molecule has 0 atom stereocenters. The van der Waals surface area contributed by atoms with E-state index >= 15 is 0 Å². The first-order valence-corrected chi connectivity index (χ1v) is 25.0. The van der Waals surface area contributed by atoms with Gasteiger partial charge in [-0.2, -0.15) is 0 Å². The molecule has 0 fully saturated rings. The molecule has 4 aromatic carbocycles. The van der Waals surface area contributed by atoms with E-state index in [0.29, 0.717) is 37.3 Å². The maximum Gasteiger partial charge on any atom is 0.262 e. The summed E-state index contributed by atoms with van der Waals surface area (Å²) in [5, 5.41) is 21.6. The van der Waals surface area contributed by atoms with Gasteiger partial charge >= 0.3 is 0 Å². The van der Waals surface area contributed by atoms with Gasteiger partial charge in [-0.25, -0.2) is 16.8 Å². The quantitative estimate of drug-likeness (QED) is 0.0308. The number of unbranched alkanes of at least 4 members (excludes halogenated alkanes) is 9. The molecular formula is C44H56Cl4N4O9S2. The van der Waals surface area contributed by atoms with Crippen molar-refractivity contribution in [3.63, 3.8) is 0 Å². The fourth-order valence-corrected chi connectivity index (χ4v) is 10.3. The fraction of sp³-hybridized carbons (Fsp3) is 0.409. The number of phenolic OH excluding ortho intramolecular Hbond substituents is 2. The van der Waals surface area contributed by atoms with Crippen LogP contribution in [-0.2, 0) is 24.8 Å². The highest BCUT2D eigenvalue weighted by atomic mass is 35.5. The molecule has 2 amide bonds. The summed E-state index contributed by atoms with van der Waals surface area (Å²) in [4.78, 5) is 24.2. The molecule has 7 N–H and O–H groups in total. The third kappa shape index (κ3) is 16.2. The molecule has 0 aliphatic heterocycles. The molecule has 0 aliphatic rings. The number of hydrogen-bond acceptors (Lipinski definition) is 9. The van der Waals surface area contributed by atoms with Gasteiger partial charge < -0.3 is 26.0 Å². The smallest absolute Gasteiger partial charge is 0.262 e. The number of nitrogens with one attached hydrogen (secondary N) is 3. The van der Waals surface area contributed by atoms with E-state index in [1.165, 1.54) is 100 Å². The number of nitrogens with two attached hydrogens (primary N) is 1. The zero-order valence-corrected chi connectivity index (χ0v) is 40.4. The maximum atomic E-state index is 13.0. The Morgan fingerprint density at radius 3 is 1.62 bits per heavy atom. The number of phenols is 2. The van der Waals surface area contributed by atoms with Gasteiger partial charge in [0.1, 0.15) is 9.79 Å².